The van der Waals surface area contributed by atoms with E-state index in [2.05, 4.69) is 0 Å². The molecule has 0 atom stereocenters. The van der Waals surface area contributed by atoms with Crippen LogP contribution in [0.1, 0.15) is 41.6 Å². The molecule has 1 aliphatic rings. The predicted octanol–water partition coefficient (Wildman–Crippen LogP) is 4.92. The van der Waals surface area contributed by atoms with E-state index in [4.69, 9.17) is 27.9 Å². The second-order valence-corrected chi connectivity index (χ2v) is 9.37. The van der Waals surface area contributed by atoms with Gasteiger partial charge in [-0.1, -0.05) is 48.2 Å². The van der Waals surface area contributed by atoms with Gasteiger partial charge in [0.05, 0.1) is 10.5 Å². The zero-order valence-electron chi connectivity index (χ0n) is 15.2. The number of ether oxygens (including phenoxy) is 1. The Morgan fingerprint density at radius 1 is 0.964 bits per heavy atom. The third-order valence-corrected chi connectivity index (χ3v) is 7.28. The second-order valence-electron chi connectivity index (χ2n) is 6.62. The Hall–Kier alpha value is -1.60. The highest BCUT2D eigenvalue weighted by atomic mass is 35.5. The molecule has 2 aromatic rings. The lowest BCUT2D eigenvalue weighted by molar-refractivity contribution is 0.0472. The first-order valence-electron chi connectivity index (χ1n) is 9.10. The molecule has 1 saturated heterocycles. The van der Waals surface area contributed by atoms with Crippen LogP contribution in [0.2, 0.25) is 10.0 Å². The molecule has 0 radical (unpaired) electrons. The Morgan fingerprint density at radius 3 is 2.21 bits per heavy atom. The van der Waals surface area contributed by atoms with Gasteiger partial charge in [-0.2, -0.15) is 4.31 Å². The SMILES string of the molecule is O=C(OCc1c(Cl)cccc1Cl)c1cccc(S(=O)(=O)N2CCCCCC2)c1. The number of hydrogen-bond acceptors (Lipinski definition) is 4. The first-order chi connectivity index (χ1) is 13.4. The third-order valence-electron chi connectivity index (χ3n) is 4.68. The van der Waals surface area contributed by atoms with Crippen LogP contribution < -0.4 is 0 Å². The standard InChI is InChI=1S/C20H21Cl2NO4S/c21-18-9-6-10-19(22)17(18)14-27-20(24)15-7-5-8-16(13-15)28(25,26)23-11-3-1-2-4-12-23/h5-10,13H,1-4,11-12,14H2. The Balaban J connectivity index is 1.76. The summed E-state index contributed by atoms with van der Waals surface area (Å²) in [6.07, 6.45) is 3.76. The molecular formula is C20H21Cl2NO4S. The van der Waals surface area contributed by atoms with Gasteiger partial charge in [-0.15, -0.1) is 0 Å². The topological polar surface area (TPSA) is 63.7 Å². The Labute approximate surface area is 175 Å². The number of sulfonamides is 1. The van der Waals surface area contributed by atoms with Crippen LogP contribution >= 0.6 is 23.2 Å². The van der Waals surface area contributed by atoms with Gasteiger partial charge in [-0.05, 0) is 43.2 Å². The third kappa shape index (κ3) is 4.87. The van der Waals surface area contributed by atoms with Crippen molar-refractivity contribution in [2.45, 2.75) is 37.2 Å². The molecule has 2 aromatic carbocycles. The van der Waals surface area contributed by atoms with Crippen LogP contribution in [0.5, 0.6) is 0 Å². The maximum absolute atomic E-state index is 12.9. The van der Waals surface area contributed by atoms with Crippen molar-refractivity contribution in [1.82, 2.24) is 4.31 Å². The van der Waals surface area contributed by atoms with Crippen LogP contribution in [0.3, 0.4) is 0 Å². The fraction of sp³-hybridized carbons (Fsp3) is 0.350. The summed E-state index contributed by atoms with van der Waals surface area (Å²) in [4.78, 5) is 12.5. The molecule has 5 nitrogen and oxygen atoms in total. The fourth-order valence-corrected chi connectivity index (χ4v) is 5.18. The molecule has 8 heteroatoms. The average Bonchev–Trinajstić information content (AvgIpc) is 2.97. The first-order valence-corrected chi connectivity index (χ1v) is 11.3. The van der Waals surface area contributed by atoms with Crippen molar-refractivity contribution in [3.8, 4) is 0 Å². The molecule has 0 amide bonds. The molecule has 0 N–H and O–H groups in total. The number of esters is 1. The van der Waals surface area contributed by atoms with E-state index >= 15 is 0 Å². The second kappa shape index (κ2) is 9.27. The lowest BCUT2D eigenvalue weighted by Crippen LogP contribution is -2.32. The first kappa shape index (κ1) is 21.1. The molecule has 150 valence electrons. The summed E-state index contributed by atoms with van der Waals surface area (Å²) in [6.45, 7) is 0.907. The molecule has 3 rings (SSSR count). The molecule has 0 unspecified atom stereocenters. The maximum Gasteiger partial charge on any atom is 0.338 e. The van der Waals surface area contributed by atoms with Gasteiger partial charge in [0, 0.05) is 28.7 Å². The van der Waals surface area contributed by atoms with E-state index in [1.165, 1.54) is 22.5 Å². The maximum atomic E-state index is 12.9. The number of hydrogen-bond donors (Lipinski definition) is 0. The van der Waals surface area contributed by atoms with Crippen LogP contribution in [0.15, 0.2) is 47.4 Å². The van der Waals surface area contributed by atoms with Crippen molar-refractivity contribution < 1.29 is 17.9 Å². The largest absolute Gasteiger partial charge is 0.457 e. The number of carbonyl (C=O) groups is 1. The summed E-state index contributed by atoms with van der Waals surface area (Å²) in [5, 5.41) is 0.801. The molecule has 0 bridgehead atoms. The Morgan fingerprint density at radius 2 is 1.57 bits per heavy atom. The van der Waals surface area contributed by atoms with Crippen LogP contribution in [-0.4, -0.2) is 31.8 Å². The normalized spacial score (nSPS) is 15.8. The van der Waals surface area contributed by atoms with E-state index in [0.29, 0.717) is 28.7 Å². The highest BCUT2D eigenvalue weighted by molar-refractivity contribution is 7.89. The molecule has 1 fully saturated rings. The van der Waals surface area contributed by atoms with Crippen LogP contribution in [-0.2, 0) is 21.4 Å². The minimum Gasteiger partial charge on any atom is -0.457 e. The minimum atomic E-state index is -3.64. The summed E-state index contributed by atoms with van der Waals surface area (Å²) in [5.74, 6) is -0.635. The van der Waals surface area contributed by atoms with Crippen molar-refractivity contribution in [1.29, 1.82) is 0 Å². The summed E-state index contributed by atoms with van der Waals surface area (Å²) in [6, 6.07) is 10.9. The van der Waals surface area contributed by atoms with Crippen molar-refractivity contribution in [3.05, 3.63) is 63.6 Å². The minimum absolute atomic E-state index is 0.0968. The number of halogens is 2. The van der Waals surface area contributed by atoms with Gasteiger partial charge in [-0.25, -0.2) is 13.2 Å². The van der Waals surface area contributed by atoms with Gasteiger partial charge in [0.1, 0.15) is 6.61 Å². The molecule has 0 aromatic heterocycles. The van der Waals surface area contributed by atoms with Crippen LogP contribution in [0, 0.1) is 0 Å². The number of benzene rings is 2. The summed E-state index contributed by atoms with van der Waals surface area (Å²) < 4.78 is 32.6. The summed E-state index contributed by atoms with van der Waals surface area (Å²) in [7, 11) is -3.64. The predicted molar refractivity (Wildman–Crippen MR) is 109 cm³/mol. The van der Waals surface area contributed by atoms with Gasteiger partial charge in [-0.3, -0.25) is 0 Å². The van der Waals surface area contributed by atoms with E-state index in [1.54, 1.807) is 24.3 Å². The monoisotopic (exact) mass is 441 g/mol. The van der Waals surface area contributed by atoms with Crippen LogP contribution in [0.4, 0.5) is 0 Å². The Kier molecular flexibility index (Phi) is 6.99. The molecule has 0 spiro atoms. The van der Waals surface area contributed by atoms with E-state index in [1.807, 2.05) is 0 Å². The quantitative estimate of drug-likeness (QED) is 0.617. The fourth-order valence-electron chi connectivity index (χ4n) is 3.11. The number of nitrogens with zero attached hydrogens (tertiary/aromatic N) is 1. The number of rotatable bonds is 5. The zero-order chi connectivity index (χ0) is 20.1. The van der Waals surface area contributed by atoms with Crippen molar-refractivity contribution >= 4 is 39.2 Å². The average molecular weight is 442 g/mol. The number of carbonyl (C=O) groups excluding carboxylic acids is 1. The molecular weight excluding hydrogens is 421 g/mol. The highest BCUT2D eigenvalue weighted by Gasteiger charge is 2.26. The molecule has 1 aliphatic heterocycles. The lowest BCUT2D eigenvalue weighted by Gasteiger charge is -2.20. The van der Waals surface area contributed by atoms with Gasteiger partial charge >= 0.3 is 5.97 Å². The molecule has 0 saturated carbocycles. The highest BCUT2D eigenvalue weighted by Crippen LogP contribution is 2.26. The molecule has 28 heavy (non-hydrogen) atoms. The molecule has 1 heterocycles. The van der Waals surface area contributed by atoms with Gasteiger partial charge in [0.15, 0.2) is 0 Å². The van der Waals surface area contributed by atoms with Crippen molar-refractivity contribution in [2.24, 2.45) is 0 Å². The van der Waals surface area contributed by atoms with Gasteiger partial charge < -0.3 is 4.74 Å². The van der Waals surface area contributed by atoms with Gasteiger partial charge in [0.2, 0.25) is 10.0 Å². The van der Waals surface area contributed by atoms with E-state index < -0.39 is 16.0 Å². The lowest BCUT2D eigenvalue weighted by atomic mass is 10.2. The summed E-state index contributed by atoms with van der Waals surface area (Å²) in [5.41, 5.74) is 0.673. The van der Waals surface area contributed by atoms with E-state index in [0.717, 1.165) is 25.7 Å². The van der Waals surface area contributed by atoms with E-state index in [9.17, 15) is 13.2 Å². The van der Waals surface area contributed by atoms with Crippen molar-refractivity contribution in [3.63, 3.8) is 0 Å². The van der Waals surface area contributed by atoms with Gasteiger partial charge in [0.25, 0.3) is 0 Å². The Bertz CT molecular complexity index is 934. The van der Waals surface area contributed by atoms with E-state index in [-0.39, 0.29) is 17.1 Å². The van der Waals surface area contributed by atoms with Crippen LogP contribution in [0.25, 0.3) is 0 Å². The van der Waals surface area contributed by atoms with Crippen molar-refractivity contribution in [2.75, 3.05) is 13.1 Å². The zero-order valence-corrected chi connectivity index (χ0v) is 17.6. The molecule has 0 aliphatic carbocycles. The summed E-state index contributed by atoms with van der Waals surface area (Å²) >= 11 is 12.2. The smallest absolute Gasteiger partial charge is 0.338 e.